The minimum atomic E-state index is -0.148. The fourth-order valence-electron chi connectivity index (χ4n) is 2.65. The Bertz CT molecular complexity index is 656. The van der Waals surface area contributed by atoms with Crippen molar-refractivity contribution in [2.75, 3.05) is 38.0 Å². The average Bonchev–Trinajstić information content (AvgIpc) is 2.59. The molecule has 1 heterocycles. The smallest absolute Gasteiger partial charge is 0.317 e. The van der Waals surface area contributed by atoms with E-state index in [0.717, 1.165) is 0 Å². The number of benzene rings is 1. The monoisotopic (exact) mass is 360 g/mol. The van der Waals surface area contributed by atoms with E-state index in [-0.39, 0.29) is 23.3 Å². The van der Waals surface area contributed by atoms with Crippen LogP contribution in [0.3, 0.4) is 0 Å². The first kappa shape index (κ1) is 19.8. The molecule has 1 fully saturated rings. The molecule has 2 rings (SSSR count). The Morgan fingerprint density at radius 1 is 0.962 bits per heavy atom. The van der Waals surface area contributed by atoms with Gasteiger partial charge in [-0.1, -0.05) is 20.8 Å². The van der Waals surface area contributed by atoms with Gasteiger partial charge in [-0.2, -0.15) is 0 Å². The van der Waals surface area contributed by atoms with Crippen LogP contribution in [0, 0.1) is 5.41 Å². The Hall–Kier alpha value is -2.57. The molecule has 0 spiro atoms. The summed E-state index contributed by atoms with van der Waals surface area (Å²) in [6.45, 7) is 10.3. The summed E-state index contributed by atoms with van der Waals surface area (Å²) < 4.78 is 0. The van der Waals surface area contributed by atoms with Crippen molar-refractivity contribution in [3.05, 3.63) is 29.8 Å². The topological polar surface area (TPSA) is 81.8 Å². The minimum absolute atomic E-state index is 0.0385. The maximum Gasteiger partial charge on any atom is 0.317 e. The summed E-state index contributed by atoms with van der Waals surface area (Å²) in [4.78, 5) is 39.3. The van der Waals surface area contributed by atoms with Crippen LogP contribution in [0.25, 0.3) is 0 Å². The second-order valence-corrected chi connectivity index (χ2v) is 7.76. The molecule has 4 amide bonds. The lowest BCUT2D eigenvalue weighted by molar-refractivity contribution is -0.114. The number of urea groups is 1. The summed E-state index contributed by atoms with van der Waals surface area (Å²) in [5.74, 6) is -0.209. The molecule has 7 nitrogen and oxygen atoms in total. The molecule has 142 valence electrons. The minimum Gasteiger partial charge on any atom is -0.337 e. The maximum absolute atomic E-state index is 12.6. The molecule has 1 aromatic carbocycles. The summed E-state index contributed by atoms with van der Waals surface area (Å²) in [5, 5.41) is 5.62. The number of carbonyl (C=O) groups excluding carboxylic acids is 3. The lowest BCUT2D eigenvalue weighted by Crippen LogP contribution is -2.53. The fraction of sp³-hybridized carbons (Fsp3) is 0.526. The number of anilines is 1. The van der Waals surface area contributed by atoms with Gasteiger partial charge in [-0.3, -0.25) is 9.59 Å². The van der Waals surface area contributed by atoms with Gasteiger partial charge < -0.3 is 20.4 Å². The molecule has 1 aliphatic heterocycles. The van der Waals surface area contributed by atoms with Crippen LogP contribution in [0.15, 0.2) is 24.3 Å². The molecule has 1 aromatic rings. The predicted molar refractivity (Wildman–Crippen MR) is 101 cm³/mol. The quantitative estimate of drug-likeness (QED) is 0.867. The van der Waals surface area contributed by atoms with Gasteiger partial charge in [0.25, 0.3) is 5.91 Å². The molecule has 0 aliphatic carbocycles. The number of amides is 4. The van der Waals surface area contributed by atoms with Crippen LogP contribution >= 0.6 is 0 Å². The van der Waals surface area contributed by atoms with Crippen LogP contribution in [0.5, 0.6) is 0 Å². The van der Waals surface area contributed by atoms with Crippen molar-refractivity contribution in [2.45, 2.75) is 27.7 Å². The zero-order chi connectivity index (χ0) is 19.3. The van der Waals surface area contributed by atoms with Crippen LogP contribution in [0.2, 0.25) is 0 Å². The summed E-state index contributed by atoms with van der Waals surface area (Å²) in [7, 11) is 0. The van der Waals surface area contributed by atoms with E-state index < -0.39 is 0 Å². The number of carbonyl (C=O) groups is 3. The Balaban J connectivity index is 1.86. The largest absolute Gasteiger partial charge is 0.337 e. The van der Waals surface area contributed by atoms with Gasteiger partial charge in [0.1, 0.15) is 0 Å². The van der Waals surface area contributed by atoms with Crippen molar-refractivity contribution >= 4 is 23.5 Å². The van der Waals surface area contributed by atoms with E-state index in [4.69, 9.17) is 0 Å². The van der Waals surface area contributed by atoms with Crippen LogP contribution in [0.4, 0.5) is 10.5 Å². The number of hydrogen-bond acceptors (Lipinski definition) is 3. The van der Waals surface area contributed by atoms with Gasteiger partial charge in [-0.15, -0.1) is 0 Å². The molecule has 0 bridgehead atoms. The Morgan fingerprint density at radius 3 is 2.00 bits per heavy atom. The Labute approximate surface area is 154 Å². The van der Waals surface area contributed by atoms with E-state index in [2.05, 4.69) is 31.4 Å². The lowest BCUT2D eigenvalue weighted by Gasteiger charge is -2.35. The average molecular weight is 360 g/mol. The van der Waals surface area contributed by atoms with E-state index in [1.165, 1.54) is 6.92 Å². The molecule has 1 saturated heterocycles. The third kappa shape index (κ3) is 5.75. The normalized spacial score (nSPS) is 14.8. The van der Waals surface area contributed by atoms with Gasteiger partial charge in [-0.05, 0) is 29.7 Å². The lowest BCUT2D eigenvalue weighted by atomic mass is 9.97. The van der Waals surface area contributed by atoms with Crippen LogP contribution in [-0.2, 0) is 4.79 Å². The number of nitrogens with one attached hydrogen (secondary N) is 2. The van der Waals surface area contributed by atoms with Crippen molar-refractivity contribution in [1.82, 2.24) is 15.1 Å². The second-order valence-electron chi connectivity index (χ2n) is 7.76. The number of piperazine rings is 1. The maximum atomic E-state index is 12.6. The van der Waals surface area contributed by atoms with E-state index in [1.807, 2.05) is 0 Å². The van der Waals surface area contributed by atoms with Gasteiger partial charge in [0, 0.05) is 50.9 Å². The molecule has 2 N–H and O–H groups in total. The first-order valence-corrected chi connectivity index (χ1v) is 8.85. The molecule has 26 heavy (non-hydrogen) atoms. The van der Waals surface area contributed by atoms with Crippen molar-refractivity contribution in [1.29, 1.82) is 0 Å². The fourth-order valence-corrected chi connectivity index (χ4v) is 2.65. The molecule has 0 radical (unpaired) electrons. The van der Waals surface area contributed by atoms with Crippen molar-refractivity contribution in [3.63, 3.8) is 0 Å². The van der Waals surface area contributed by atoms with Crippen molar-refractivity contribution in [2.24, 2.45) is 5.41 Å². The number of rotatable bonds is 3. The van der Waals surface area contributed by atoms with Gasteiger partial charge in [-0.25, -0.2) is 4.79 Å². The molecule has 0 aromatic heterocycles. The zero-order valence-electron chi connectivity index (χ0n) is 16.0. The van der Waals surface area contributed by atoms with E-state index in [9.17, 15) is 14.4 Å². The summed E-state index contributed by atoms with van der Waals surface area (Å²) in [6.07, 6.45) is 0. The van der Waals surface area contributed by atoms with E-state index in [0.29, 0.717) is 44.0 Å². The summed E-state index contributed by atoms with van der Waals surface area (Å²) >= 11 is 0. The van der Waals surface area contributed by atoms with Gasteiger partial charge in [0.05, 0.1) is 0 Å². The summed E-state index contributed by atoms with van der Waals surface area (Å²) in [6, 6.07) is 6.76. The van der Waals surface area contributed by atoms with Crippen LogP contribution < -0.4 is 10.6 Å². The first-order chi connectivity index (χ1) is 12.2. The molecular weight excluding hydrogens is 332 g/mol. The highest BCUT2D eigenvalue weighted by Gasteiger charge is 2.25. The molecule has 1 aliphatic rings. The third-order valence-corrected chi connectivity index (χ3v) is 4.08. The van der Waals surface area contributed by atoms with Gasteiger partial charge >= 0.3 is 6.03 Å². The second kappa shape index (κ2) is 8.21. The van der Waals surface area contributed by atoms with E-state index in [1.54, 1.807) is 34.1 Å². The van der Waals surface area contributed by atoms with E-state index >= 15 is 0 Å². The SMILES string of the molecule is CC(=O)Nc1ccc(C(=O)N2CCN(C(=O)NCC(C)(C)C)CC2)cc1. The molecule has 0 atom stereocenters. The van der Waals surface area contributed by atoms with Crippen LogP contribution in [0.1, 0.15) is 38.1 Å². The molecule has 0 saturated carbocycles. The Kier molecular flexibility index (Phi) is 6.23. The van der Waals surface area contributed by atoms with Gasteiger partial charge in [0.2, 0.25) is 5.91 Å². The molecule has 0 unspecified atom stereocenters. The van der Waals surface area contributed by atoms with Crippen LogP contribution in [-0.4, -0.2) is 60.4 Å². The summed E-state index contributed by atoms with van der Waals surface area (Å²) in [5.41, 5.74) is 1.27. The zero-order valence-corrected chi connectivity index (χ0v) is 16.0. The highest BCUT2D eigenvalue weighted by atomic mass is 16.2. The number of nitrogens with zero attached hydrogens (tertiary/aromatic N) is 2. The van der Waals surface area contributed by atoms with Gasteiger partial charge in [0.15, 0.2) is 0 Å². The highest BCUT2D eigenvalue weighted by molar-refractivity contribution is 5.95. The molecular formula is C19H28N4O3. The highest BCUT2D eigenvalue weighted by Crippen LogP contribution is 2.14. The van der Waals surface area contributed by atoms with Crippen molar-refractivity contribution in [3.8, 4) is 0 Å². The predicted octanol–water partition coefficient (Wildman–Crippen LogP) is 2.16. The van der Waals surface area contributed by atoms with Crippen molar-refractivity contribution < 1.29 is 14.4 Å². The number of hydrogen-bond donors (Lipinski definition) is 2. The Morgan fingerprint density at radius 2 is 1.50 bits per heavy atom. The standard InChI is InChI=1S/C19H28N4O3/c1-14(24)21-16-7-5-15(6-8-16)17(25)22-9-11-23(12-10-22)18(26)20-13-19(2,3)4/h5-8H,9-13H2,1-4H3,(H,20,26)(H,21,24). The third-order valence-electron chi connectivity index (χ3n) is 4.08. The molecule has 7 heteroatoms. The first-order valence-electron chi connectivity index (χ1n) is 8.85.